The summed E-state index contributed by atoms with van der Waals surface area (Å²) in [6.45, 7) is 5.20. The largest absolute Gasteiger partial charge is 0.273 e. The van der Waals surface area contributed by atoms with Gasteiger partial charge in [-0.15, -0.1) is 0 Å². The standard InChI is InChI=1S/C19H23N3O6S2/c1-14-4-6-17(12-16(14)3)29(25,26)20-8-10-21(11-9-20)30(27,28)18-7-5-15(2)19(13-18)22(23)24/h4-7,12-13H,8-11H2,1-3H3. The summed E-state index contributed by atoms with van der Waals surface area (Å²) in [5, 5.41) is 11.1. The SMILES string of the molecule is Cc1ccc(S(=O)(=O)N2CCN(S(=O)(=O)c3ccc(C)c([N+](=O)[O-])c3)CC2)cc1C. The van der Waals surface area contributed by atoms with Crippen molar-refractivity contribution < 1.29 is 21.8 Å². The van der Waals surface area contributed by atoms with E-state index in [1.165, 1.54) is 23.4 Å². The van der Waals surface area contributed by atoms with Crippen molar-refractivity contribution in [3.05, 3.63) is 63.2 Å². The summed E-state index contributed by atoms with van der Waals surface area (Å²) >= 11 is 0. The van der Waals surface area contributed by atoms with E-state index >= 15 is 0 Å². The number of nitrogens with zero attached hydrogens (tertiary/aromatic N) is 3. The lowest BCUT2D eigenvalue weighted by molar-refractivity contribution is -0.385. The molecular formula is C19H23N3O6S2. The Morgan fingerprint density at radius 3 is 1.60 bits per heavy atom. The summed E-state index contributed by atoms with van der Waals surface area (Å²) in [5.41, 5.74) is 1.94. The van der Waals surface area contributed by atoms with Crippen molar-refractivity contribution in [1.29, 1.82) is 0 Å². The maximum Gasteiger partial charge on any atom is 0.273 e. The zero-order valence-electron chi connectivity index (χ0n) is 16.9. The predicted molar refractivity (Wildman–Crippen MR) is 111 cm³/mol. The molecule has 1 heterocycles. The highest BCUT2D eigenvalue weighted by Gasteiger charge is 2.34. The summed E-state index contributed by atoms with van der Waals surface area (Å²) in [5.74, 6) is 0. The highest BCUT2D eigenvalue weighted by Crippen LogP contribution is 2.26. The number of nitro groups is 1. The Morgan fingerprint density at radius 1 is 0.733 bits per heavy atom. The van der Waals surface area contributed by atoms with Crippen LogP contribution in [0.25, 0.3) is 0 Å². The lowest BCUT2D eigenvalue weighted by Gasteiger charge is -2.33. The van der Waals surface area contributed by atoms with Crippen molar-refractivity contribution in [2.75, 3.05) is 26.2 Å². The fourth-order valence-corrected chi connectivity index (χ4v) is 6.22. The van der Waals surface area contributed by atoms with Crippen molar-refractivity contribution in [2.24, 2.45) is 0 Å². The number of rotatable bonds is 5. The molecule has 1 saturated heterocycles. The van der Waals surface area contributed by atoms with Gasteiger partial charge in [0.2, 0.25) is 20.0 Å². The summed E-state index contributed by atoms with van der Waals surface area (Å²) in [6.07, 6.45) is 0. The number of benzene rings is 2. The van der Waals surface area contributed by atoms with Gasteiger partial charge in [-0.05, 0) is 50.1 Å². The minimum atomic E-state index is -3.97. The lowest BCUT2D eigenvalue weighted by Crippen LogP contribution is -2.50. The van der Waals surface area contributed by atoms with Gasteiger partial charge in [0.25, 0.3) is 5.69 Å². The first-order valence-electron chi connectivity index (χ1n) is 9.27. The zero-order chi connectivity index (χ0) is 22.3. The predicted octanol–water partition coefficient (Wildman–Crippen LogP) is 2.22. The maximum absolute atomic E-state index is 12.9. The van der Waals surface area contributed by atoms with Crippen LogP contribution in [-0.4, -0.2) is 56.5 Å². The average Bonchev–Trinajstić information content (AvgIpc) is 2.70. The molecular weight excluding hydrogens is 430 g/mol. The first-order chi connectivity index (χ1) is 13.9. The molecule has 0 amide bonds. The normalized spacial score (nSPS) is 16.5. The quantitative estimate of drug-likeness (QED) is 0.506. The molecule has 0 aromatic heterocycles. The molecule has 0 unspecified atom stereocenters. The average molecular weight is 454 g/mol. The van der Waals surface area contributed by atoms with Gasteiger partial charge in [-0.1, -0.05) is 12.1 Å². The van der Waals surface area contributed by atoms with Gasteiger partial charge in [0.1, 0.15) is 0 Å². The molecule has 162 valence electrons. The van der Waals surface area contributed by atoms with E-state index in [2.05, 4.69) is 0 Å². The molecule has 0 aliphatic carbocycles. The third kappa shape index (κ3) is 4.10. The van der Waals surface area contributed by atoms with Crippen LogP contribution in [0, 0.1) is 30.9 Å². The topological polar surface area (TPSA) is 118 Å². The molecule has 3 rings (SSSR count). The number of aryl methyl sites for hydroxylation is 3. The van der Waals surface area contributed by atoms with Gasteiger partial charge in [0, 0.05) is 37.8 Å². The van der Waals surface area contributed by atoms with Crippen molar-refractivity contribution in [2.45, 2.75) is 30.6 Å². The van der Waals surface area contributed by atoms with Crippen LogP contribution in [0.5, 0.6) is 0 Å². The van der Waals surface area contributed by atoms with Crippen LogP contribution in [0.4, 0.5) is 5.69 Å². The van der Waals surface area contributed by atoms with E-state index in [0.717, 1.165) is 21.5 Å². The Hall–Kier alpha value is -2.34. The molecule has 2 aromatic carbocycles. The monoisotopic (exact) mass is 453 g/mol. The van der Waals surface area contributed by atoms with Gasteiger partial charge in [-0.3, -0.25) is 10.1 Å². The third-order valence-corrected chi connectivity index (χ3v) is 9.12. The summed E-state index contributed by atoms with van der Waals surface area (Å²) in [6, 6.07) is 8.67. The van der Waals surface area contributed by atoms with Crippen LogP contribution in [0.15, 0.2) is 46.2 Å². The van der Waals surface area contributed by atoms with Crippen LogP contribution < -0.4 is 0 Å². The number of nitro benzene ring substituents is 1. The van der Waals surface area contributed by atoms with Gasteiger partial charge < -0.3 is 0 Å². The van der Waals surface area contributed by atoms with E-state index in [1.54, 1.807) is 18.2 Å². The molecule has 0 spiro atoms. The van der Waals surface area contributed by atoms with Crippen LogP contribution >= 0.6 is 0 Å². The van der Waals surface area contributed by atoms with E-state index in [4.69, 9.17) is 0 Å². The maximum atomic E-state index is 12.9. The lowest BCUT2D eigenvalue weighted by atomic mass is 10.1. The summed E-state index contributed by atoms with van der Waals surface area (Å²) in [7, 11) is -7.71. The van der Waals surface area contributed by atoms with Crippen molar-refractivity contribution in [1.82, 2.24) is 8.61 Å². The van der Waals surface area contributed by atoms with Crippen LogP contribution in [-0.2, 0) is 20.0 Å². The zero-order valence-corrected chi connectivity index (χ0v) is 18.5. The molecule has 11 heteroatoms. The van der Waals surface area contributed by atoms with Gasteiger partial charge in [-0.2, -0.15) is 8.61 Å². The molecule has 0 saturated carbocycles. The van der Waals surface area contributed by atoms with Gasteiger partial charge >= 0.3 is 0 Å². The second kappa shape index (κ2) is 8.06. The van der Waals surface area contributed by atoms with Crippen molar-refractivity contribution in [3.8, 4) is 0 Å². The summed E-state index contributed by atoms with van der Waals surface area (Å²) < 4.78 is 54.1. The molecule has 1 fully saturated rings. The first kappa shape index (κ1) is 22.3. The Bertz CT molecular complexity index is 1200. The van der Waals surface area contributed by atoms with E-state index in [9.17, 15) is 26.9 Å². The second-order valence-electron chi connectivity index (χ2n) is 7.26. The molecule has 0 radical (unpaired) electrons. The van der Waals surface area contributed by atoms with E-state index < -0.39 is 25.0 Å². The van der Waals surface area contributed by atoms with E-state index in [-0.39, 0.29) is 41.7 Å². The van der Waals surface area contributed by atoms with E-state index in [0.29, 0.717) is 5.56 Å². The Morgan fingerprint density at radius 2 is 1.17 bits per heavy atom. The van der Waals surface area contributed by atoms with E-state index in [1.807, 2.05) is 13.8 Å². The van der Waals surface area contributed by atoms with Crippen molar-refractivity contribution in [3.63, 3.8) is 0 Å². The highest BCUT2D eigenvalue weighted by molar-refractivity contribution is 7.89. The molecule has 0 bridgehead atoms. The second-order valence-corrected chi connectivity index (χ2v) is 11.1. The minimum absolute atomic E-state index is 0.00242. The minimum Gasteiger partial charge on any atom is -0.258 e. The number of hydrogen-bond acceptors (Lipinski definition) is 6. The molecule has 1 aliphatic rings. The number of piperazine rings is 1. The fraction of sp³-hybridized carbons (Fsp3) is 0.368. The van der Waals surface area contributed by atoms with Crippen LogP contribution in [0.3, 0.4) is 0 Å². The number of hydrogen-bond donors (Lipinski definition) is 0. The Labute approximate surface area is 176 Å². The van der Waals surface area contributed by atoms with Crippen LogP contribution in [0.2, 0.25) is 0 Å². The van der Waals surface area contributed by atoms with Crippen LogP contribution in [0.1, 0.15) is 16.7 Å². The van der Waals surface area contributed by atoms with Gasteiger partial charge in [-0.25, -0.2) is 16.8 Å². The number of sulfonamides is 2. The molecule has 0 N–H and O–H groups in total. The molecule has 1 aliphatic heterocycles. The Kier molecular flexibility index (Phi) is 6.01. The van der Waals surface area contributed by atoms with Gasteiger partial charge in [0.05, 0.1) is 14.7 Å². The molecule has 30 heavy (non-hydrogen) atoms. The van der Waals surface area contributed by atoms with Crippen molar-refractivity contribution >= 4 is 25.7 Å². The summed E-state index contributed by atoms with van der Waals surface area (Å²) in [4.78, 5) is 10.5. The first-order valence-corrected chi connectivity index (χ1v) is 12.1. The van der Waals surface area contributed by atoms with Gasteiger partial charge in [0.15, 0.2) is 0 Å². The smallest absolute Gasteiger partial charge is 0.258 e. The molecule has 0 atom stereocenters. The Balaban J connectivity index is 1.80. The molecule has 9 nitrogen and oxygen atoms in total. The highest BCUT2D eigenvalue weighted by atomic mass is 32.2. The fourth-order valence-electron chi connectivity index (χ4n) is 3.27. The third-order valence-electron chi connectivity index (χ3n) is 5.33. The molecule has 2 aromatic rings.